The van der Waals surface area contributed by atoms with Crippen LogP contribution in [0.5, 0.6) is 5.75 Å². The van der Waals surface area contributed by atoms with E-state index in [4.69, 9.17) is 4.55 Å². The Balaban J connectivity index is 2.32. The Hall–Kier alpha value is -2.59. The van der Waals surface area contributed by atoms with E-state index in [1.54, 1.807) is 0 Å². The maximum Gasteiger partial charge on any atom is 0.298 e. The molecule has 1 heterocycles. The number of nitrogens with one attached hydrogen (secondary N) is 1. The average Bonchev–Trinajstić information content (AvgIpc) is 2.96. The third kappa shape index (κ3) is 3.91. The first-order valence-electron chi connectivity index (χ1n) is 6.74. The number of hydrogen-bond donors (Lipinski definition) is 5. The van der Waals surface area contributed by atoms with Gasteiger partial charge in [-0.05, 0) is 23.6 Å². The number of thiol groups is 1. The molecule has 0 saturated carbocycles. The van der Waals surface area contributed by atoms with E-state index in [0.29, 0.717) is 0 Å². The Morgan fingerprint density at radius 3 is 2.30 bits per heavy atom. The van der Waals surface area contributed by atoms with Crippen molar-refractivity contribution < 1.29 is 31.0 Å². The van der Waals surface area contributed by atoms with Crippen LogP contribution in [0.3, 0.4) is 0 Å². The molecule has 0 atom stereocenters. The highest BCUT2D eigenvalue weighted by Gasteiger charge is 2.23. The fraction of sp³-hybridized carbons (Fsp3) is 0. The molecule has 0 unspecified atom stereocenters. The summed E-state index contributed by atoms with van der Waals surface area (Å²) in [4.78, 5) is 2.27. The molecule has 0 aliphatic carbocycles. The molecule has 3 aromatic rings. The van der Waals surface area contributed by atoms with Crippen LogP contribution < -0.4 is 0 Å². The van der Waals surface area contributed by atoms with E-state index >= 15 is 0 Å². The summed E-state index contributed by atoms with van der Waals surface area (Å²) in [6.07, 6.45) is 0. The molecule has 2 aromatic carbocycles. The van der Waals surface area contributed by atoms with Gasteiger partial charge in [0, 0.05) is 5.39 Å². The van der Waals surface area contributed by atoms with Gasteiger partial charge >= 0.3 is 0 Å². The summed E-state index contributed by atoms with van der Waals surface area (Å²) < 4.78 is 64.1. The van der Waals surface area contributed by atoms with Gasteiger partial charge in [-0.2, -0.15) is 21.8 Å². The summed E-state index contributed by atoms with van der Waals surface area (Å²) in [5.74, 6) is -1.10. The lowest BCUT2D eigenvalue weighted by atomic mass is 10.1. The number of phenolic OH excluding ortho intramolecular Hbond substituents is 1. The van der Waals surface area contributed by atoms with Gasteiger partial charge in [0.25, 0.3) is 26.2 Å². The summed E-state index contributed by atoms with van der Waals surface area (Å²) >= 11 is 3.88. The number of azo groups is 1. The fourth-order valence-electron chi connectivity index (χ4n) is 2.17. The number of hydrogen-bond acceptors (Lipinski definition) is 10. The number of aromatic amines is 1. The number of H-pyrrole nitrogens is 1. The van der Waals surface area contributed by atoms with Crippen LogP contribution in [-0.4, -0.2) is 46.2 Å². The van der Waals surface area contributed by atoms with E-state index in [-0.39, 0.29) is 21.9 Å². The van der Waals surface area contributed by atoms with E-state index in [0.717, 1.165) is 18.2 Å². The van der Waals surface area contributed by atoms with E-state index in [9.17, 15) is 26.5 Å². The minimum Gasteiger partial charge on any atom is -0.504 e. The SMILES string of the molecule is O=S(=O)(O)c1ccc2c(/N=N/c3n[nH]c(S)n3)c(O)c(S(=O)(=O)O)cc2c1. The number of phenols is 1. The minimum absolute atomic E-state index is 0.0608. The second-order valence-corrected chi connectivity index (χ2v) is 8.30. The van der Waals surface area contributed by atoms with Gasteiger partial charge in [0.05, 0.1) is 4.90 Å². The first-order valence-corrected chi connectivity index (χ1v) is 10.1. The maximum atomic E-state index is 11.5. The molecule has 4 N–H and O–H groups in total. The first-order chi connectivity index (χ1) is 12.5. The predicted octanol–water partition coefficient (Wildman–Crippen LogP) is 1.86. The Morgan fingerprint density at radius 2 is 1.74 bits per heavy atom. The summed E-state index contributed by atoms with van der Waals surface area (Å²) in [6, 6.07) is 3.95. The summed E-state index contributed by atoms with van der Waals surface area (Å²) in [5, 5.41) is 23.7. The van der Waals surface area contributed by atoms with Crippen molar-refractivity contribution in [2.75, 3.05) is 0 Å². The predicted molar refractivity (Wildman–Crippen MR) is 93.1 cm³/mol. The quantitative estimate of drug-likeness (QED) is 0.233. The Bertz CT molecular complexity index is 1300. The smallest absolute Gasteiger partial charge is 0.298 e. The van der Waals surface area contributed by atoms with Gasteiger partial charge in [-0.15, -0.1) is 28.0 Å². The van der Waals surface area contributed by atoms with Gasteiger partial charge in [-0.25, -0.2) is 0 Å². The van der Waals surface area contributed by atoms with Crippen LogP contribution in [0.1, 0.15) is 0 Å². The van der Waals surface area contributed by atoms with Crippen molar-refractivity contribution in [1.29, 1.82) is 0 Å². The van der Waals surface area contributed by atoms with E-state index in [2.05, 4.69) is 38.0 Å². The molecule has 1 aromatic heterocycles. The molecule has 142 valence electrons. The van der Waals surface area contributed by atoms with Crippen molar-refractivity contribution in [2.45, 2.75) is 14.9 Å². The minimum atomic E-state index is -4.89. The Kier molecular flexibility index (Phi) is 4.64. The number of nitrogens with zero attached hydrogens (tertiary/aromatic N) is 4. The average molecular weight is 431 g/mol. The number of fused-ring (bicyclic) bond motifs is 1. The standard InChI is InChI=1S/C12H9N5O7S3/c18-10-8(27(22,23)24)4-5-3-6(26(19,20)21)1-2-7(5)9(10)14-15-11-13-12(25)17-16-11/h1-4,18H,(H,19,20,21)(H,22,23,24)(H2,13,16,17,25)/b15-14+. The molecule has 3 rings (SSSR count). The molecule has 0 saturated heterocycles. The molecule has 27 heavy (non-hydrogen) atoms. The van der Waals surface area contributed by atoms with E-state index in [1.165, 1.54) is 6.07 Å². The highest BCUT2D eigenvalue weighted by atomic mass is 32.2. The molecular formula is C12H9N5O7S3. The summed E-state index contributed by atoms with van der Waals surface area (Å²) in [7, 11) is -9.47. The van der Waals surface area contributed by atoms with Gasteiger partial charge in [0.15, 0.2) is 10.9 Å². The topological polar surface area (TPSA) is 195 Å². The molecule has 0 fully saturated rings. The molecule has 12 nitrogen and oxygen atoms in total. The Labute approximate surface area is 156 Å². The molecular weight excluding hydrogens is 422 g/mol. The lowest BCUT2D eigenvalue weighted by Gasteiger charge is -2.09. The largest absolute Gasteiger partial charge is 0.504 e. The van der Waals surface area contributed by atoms with Gasteiger partial charge in [0.2, 0.25) is 0 Å². The van der Waals surface area contributed by atoms with Crippen molar-refractivity contribution >= 4 is 55.3 Å². The second-order valence-electron chi connectivity index (χ2n) is 5.06. The second kappa shape index (κ2) is 6.54. The van der Waals surface area contributed by atoms with Crippen molar-refractivity contribution in [2.24, 2.45) is 10.2 Å². The lowest BCUT2D eigenvalue weighted by molar-refractivity contribution is 0.445. The van der Waals surface area contributed by atoms with Crippen LogP contribution in [0.25, 0.3) is 10.8 Å². The molecule has 0 radical (unpaired) electrons. The van der Waals surface area contributed by atoms with E-state index < -0.39 is 41.5 Å². The number of benzene rings is 2. The molecule has 0 aliphatic heterocycles. The number of aromatic nitrogens is 3. The third-order valence-electron chi connectivity index (χ3n) is 3.30. The Morgan fingerprint density at radius 1 is 1.04 bits per heavy atom. The lowest BCUT2D eigenvalue weighted by Crippen LogP contribution is -2.00. The van der Waals surface area contributed by atoms with Gasteiger partial charge in [-0.3, -0.25) is 14.2 Å². The zero-order valence-electron chi connectivity index (χ0n) is 12.8. The van der Waals surface area contributed by atoms with Crippen molar-refractivity contribution in [3.8, 4) is 5.75 Å². The third-order valence-corrected chi connectivity index (χ3v) is 5.22. The zero-order valence-corrected chi connectivity index (χ0v) is 15.4. The molecule has 0 spiro atoms. The van der Waals surface area contributed by atoms with Crippen molar-refractivity contribution in [3.05, 3.63) is 24.3 Å². The highest BCUT2D eigenvalue weighted by Crippen LogP contribution is 2.41. The molecule has 0 aliphatic rings. The van der Waals surface area contributed by atoms with Crippen LogP contribution in [0.4, 0.5) is 11.6 Å². The number of aromatic hydroxyl groups is 1. The van der Waals surface area contributed by atoms with Crippen LogP contribution in [0.15, 0.2) is 49.4 Å². The molecule has 0 amide bonds. The number of rotatable bonds is 4. The van der Waals surface area contributed by atoms with Crippen LogP contribution in [0, 0.1) is 0 Å². The molecule has 0 bridgehead atoms. The van der Waals surface area contributed by atoms with Crippen LogP contribution >= 0.6 is 12.6 Å². The monoisotopic (exact) mass is 431 g/mol. The summed E-state index contributed by atoms with van der Waals surface area (Å²) in [5.41, 5.74) is -0.396. The highest BCUT2D eigenvalue weighted by molar-refractivity contribution is 7.86. The fourth-order valence-corrected chi connectivity index (χ4v) is 3.44. The van der Waals surface area contributed by atoms with E-state index in [1.807, 2.05) is 0 Å². The maximum absolute atomic E-state index is 11.5. The van der Waals surface area contributed by atoms with Crippen molar-refractivity contribution in [1.82, 2.24) is 15.2 Å². The summed E-state index contributed by atoms with van der Waals surface area (Å²) in [6.45, 7) is 0. The van der Waals surface area contributed by atoms with Crippen LogP contribution in [-0.2, 0) is 20.2 Å². The van der Waals surface area contributed by atoms with Gasteiger partial charge in [-0.1, -0.05) is 6.07 Å². The van der Waals surface area contributed by atoms with Crippen LogP contribution in [0.2, 0.25) is 0 Å². The van der Waals surface area contributed by atoms with Crippen molar-refractivity contribution in [3.63, 3.8) is 0 Å². The first kappa shape index (κ1) is 19.2. The van der Waals surface area contributed by atoms with Gasteiger partial charge < -0.3 is 5.11 Å². The normalized spacial score (nSPS) is 12.9. The zero-order chi connectivity index (χ0) is 20.0. The molecule has 15 heteroatoms. The van der Waals surface area contributed by atoms with Gasteiger partial charge in [0.1, 0.15) is 10.6 Å².